The first kappa shape index (κ1) is 14.5. The molecule has 0 saturated carbocycles. The highest BCUT2D eigenvalue weighted by Crippen LogP contribution is 1.94. The van der Waals surface area contributed by atoms with Crippen LogP contribution in [0, 0.1) is 0 Å². The Bertz CT molecular complexity index is 479. The summed E-state index contributed by atoms with van der Waals surface area (Å²) in [5.74, 6) is 1.75. The van der Waals surface area contributed by atoms with Crippen molar-refractivity contribution in [1.82, 2.24) is 40.4 Å². The number of tetrazole rings is 2. The van der Waals surface area contributed by atoms with E-state index < -0.39 is 0 Å². The Labute approximate surface area is 117 Å². The molecule has 0 aliphatic heterocycles. The van der Waals surface area contributed by atoms with Gasteiger partial charge in [0.1, 0.15) is 13.1 Å². The van der Waals surface area contributed by atoms with Crippen molar-refractivity contribution in [2.45, 2.75) is 26.2 Å². The van der Waals surface area contributed by atoms with Crippen LogP contribution in [0.25, 0.3) is 0 Å². The fraction of sp³-hybridized carbons (Fsp3) is 0.800. The zero-order chi connectivity index (χ0) is 14.5. The van der Waals surface area contributed by atoms with Crippen LogP contribution in [0.2, 0.25) is 0 Å². The molecular weight excluding hydrogens is 260 g/mol. The Hall–Kier alpha value is -1.94. The van der Waals surface area contributed by atoms with E-state index in [1.807, 2.05) is 0 Å². The molecule has 0 aromatic carbocycles. The van der Waals surface area contributed by atoms with Crippen molar-refractivity contribution < 1.29 is 9.80 Å². The number of nitrogens with one attached hydrogen (secondary N) is 2. The van der Waals surface area contributed by atoms with E-state index in [9.17, 15) is 0 Å². The molecule has 2 N–H and O–H groups in total. The van der Waals surface area contributed by atoms with Gasteiger partial charge in [0.2, 0.25) is 11.6 Å². The van der Waals surface area contributed by atoms with Gasteiger partial charge in [0, 0.05) is 0 Å². The molecule has 10 heteroatoms. The second kappa shape index (κ2) is 6.48. The standard InChI is InChI=1S/C10H20N10/c1-17(2)7-9-11-13-15-19(9)5-6-20-10(8-18(3)4)12-14-16-20/h5-8H2,1-4H3/p+2. The first-order valence-corrected chi connectivity index (χ1v) is 6.64. The molecule has 0 spiro atoms. The molecule has 2 heterocycles. The van der Waals surface area contributed by atoms with E-state index in [1.54, 1.807) is 9.36 Å². The van der Waals surface area contributed by atoms with Crippen molar-refractivity contribution in [2.75, 3.05) is 28.2 Å². The molecule has 0 atom stereocenters. The van der Waals surface area contributed by atoms with Crippen molar-refractivity contribution >= 4 is 0 Å². The summed E-state index contributed by atoms with van der Waals surface area (Å²) < 4.78 is 3.61. The van der Waals surface area contributed by atoms with E-state index in [-0.39, 0.29) is 0 Å². The first-order valence-electron chi connectivity index (χ1n) is 6.64. The molecule has 0 unspecified atom stereocenters. The van der Waals surface area contributed by atoms with Crippen LogP contribution in [-0.2, 0) is 26.2 Å². The minimum atomic E-state index is 0.663. The summed E-state index contributed by atoms with van der Waals surface area (Å²) in [6, 6.07) is 0. The van der Waals surface area contributed by atoms with Gasteiger partial charge in [0.15, 0.2) is 0 Å². The molecule has 0 amide bonds. The number of nitrogens with zero attached hydrogens (tertiary/aromatic N) is 8. The SMILES string of the molecule is C[NH+](C)Cc1nnnn1CCn1nnnc1C[NH+](C)C. The van der Waals surface area contributed by atoms with Gasteiger partial charge in [-0.3, -0.25) is 0 Å². The monoisotopic (exact) mass is 282 g/mol. The van der Waals surface area contributed by atoms with Crippen LogP contribution in [0.15, 0.2) is 0 Å². The summed E-state index contributed by atoms with van der Waals surface area (Å²) in [7, 11) is 8.27. The summed E-state index contributed by atoms with van der Waals surface area (Å²) in [5.41, 5.74) is 0. The third-order valence-corrected chi connectivity index (χ3v) is 2.76. The predicted octanol–water partition coefficient (Wildman–Crippen LogP) is -4.35. The summed E-state index contributed by atoms with van der Waals surface area (Å²) in [6.45, 7) is 2.90. The molecule has 0 radical (unpaired) electrons. The van der Waals surface area contributed by atoms with Gasteiger partial charge in [-0.2, -0.15) is 0 Å². The first-order chi connectivity index (χ1) is 9.56. The highest BCUT2D eigenvalue weighted by Gasteiger charge is 2.12. The lowest BCUT2D eigenvalue weighted by atomic mass is 10.5. The minimum Gasteiger partial charge on any atom is -0.333 e. The van der Waals surface area contributed by atoms with Crippen LogP contribution in [0.3, 0.4) is 0 Å². The maximum Gasteiger partial charge on any atom is 0.206 e. The van der Waals surface area contributed by atoms with Crippen LogP contribution in [-0.4, -0.2) is 68.6 Å². The lowest BCUT2D eigenvalue weighted by Crippen LogP contribution is -3.04. The molecule has 2 aromatic heterocycles. The van der Waals surface area contributed by atoms with Crippen LogP contribution < -0.4 is 9.80 Å². The lowest BCUT2D eigenvalue weighted by Gasteiger charge is -2.09. The summed E-state index contributed by atoms with van der Waals surface area (Å²) in [4.78, 5) is 2.56. The lowest BCUT2D eigenvalue weighted by molar-refractivity contribution is -0.873. The molecule has 0 bridgehead atoms. The van der Waals surface area contributed by atoms with E-state index >= 15 is 0 Å². The van der Waals surface area contributed by atoms with Crippen LogP contribution in [0.5, 0.6) is 0 Å². The second-order valence-electron chi connectivity index (χ2n) is 5.40. The van der Waals surface area contributed by atoms with E-state index in [4.69, 9.17) is 0 Å². The van der Waals surface area contributed by atoms with Gasteiger partial charge in [-0.1, -0.05) is 0 Å². The van der Waals surface area contributed by atoms with Crippen molar-refractivity contribution in [3.05, 3.63) is 11.6 Å². The Morgan fingerprint density at radius 1 is 0.750 bits per heavy atom. The zero-order valence-electron chi connectivity index (χ0n) is 12.4. The van der Waals surface area contributed by atoms with Gasteiger partial charge < -0.3 is 9.80 Å². The molecule has 0 saturated heterocycles. The molecule has 2 aromatic rings. The highest BCUT2D eigenvalue weighted by molar-refractivity contribution is 4.78. The van der Waals surface area contributed by atoms with Crippen molar-refractivity contribution in [3.63, 3.8) is 0 Å². The number of hydrogen-bond acceptors (Lipinski definition) is 6. The largest absolute Gasteiger partial charge is 0.333 e. The summed E-state index contributed by atoms with van der Waals surface area (Å²) >= 11 is 0. The van der Waals surface area contributed by atoms with Crippen molar-refractivity contribution in [3.8, 4) is 0 Å². The molecule has 10 nitrogen and oxygen atoms in total. The predicted molar refractivity (Wildman–Crippen MR) is 68.7 cm³/mol. The number of aryl methyl sites for hydroxylation is 2. The van der Waals surface area contributed by atoms with Crippen LogP contribution in [0.4, 0.5) is 0 Å². The van der Waals surface area contributed by atoms with Gasteiger partial charge in [0.05, 0.1) is 41.3 Å². The quantitative estimate of drug-likeness (QED) is 0.533. The minimum absolute atomic E-state index is 0.663. The molecule has 110 valence electrons. The number of quaternary nitrogens is 2. The third-order valence-electron chi connectivity index (χ3n) is 2.76. The highest BCUT2D eigenvalue weighted by atomic mass is 15.6. The van der Waals surface area contributed by atoms with Crippen LogP contribution in [0.1, 0.15) is 11.6 Å². The fourth-order valence-electron chi connectivity index (χ4n) is 1.87. The van der Waals surface area contributed by atoms with E-state index in [1.165, 1.54) is 9.80 Å². The molecule has 2 rings (SSSR count). The number of aromatic nitrogens is 8. The van der Waals surface area contributed by atoms with Crippen LogP contribution >= 0.6 is 0 Å². The molecule has 0 aliphatic rings. The maximum atomic E-state index is 4.04. The van der Waals surface area contributed by atoms with Gasteiger partial charge in [-0.05, 0) is 20.9 Å². The van der Waals surface area contributed by atoms with Gasteiger partial charge >= 0.3 is 0 Å². The van der Waals surface area contributed by atoms with Gasteiger partial charge in [-0.25, -0.2) is 9.36 Å². The Kier molecular flexibility index (Phi) is 4.69. The number of hydrogen-bond donors (Lipinski definition) is 2. The maximum absolute atomic E-state index is 4.04. The van der Waals surface area contributed by atoms with E-state index in [0.717, 1.165) is 24.7 Å². The third kappa shape index (κ3) is 3.78. The fourth-order valence-corrected chi connectivity index (χ4v) is 1.87. The van der Waals surface area contributed by atoms with Crippen molar-refractivity contribution in [1.29, 1.82) is 0 Å². The van der Waals surface area contributed by atoms with E-state index in [2.05, 4.69) is 59.2 Å². The van der Waals surface area contributed by atoms with E-state index in [0.29, 0.717) is 13.1 Å². The Morgan fingerprint density at radius 3 is 1.50 bits per heavy atom. The topological polar surface area (TPSA) is 96.1 Å². The Balaban J connectivity index is 1.99. The molecule has 20 heavy (non-hydrogen) atoms. The summed E-state index contributed by atoms with van der Waals surface area (Å²) in [6.07, 6.45) is 0. The average Bonchev–Trinajstić information content (AvgIpc) is 2.95. The number of rotatable bonds is 7. The summed E-state index contributed by atoms with van der Waals surface area (Å²) in [5, 5.41) is 23.6. The van der Waals surface area contributed by atoms with Gasteiger partial charge in [-0.15, -0.1) is 10.2 Å². The average molecular weight is 282 g/mol. The normalized spacial score (nSPS) is 11.7. The van der Waals surface area contributed by atoms with Crippen molar-refractivity contribution in [2.24, 2.45) is 0 Å². The van der Waals surface area contributed by atoms with Gasteiger partial charge in [0.25, 0.3) is 0 Å². The smallest absolute Gasteiger partial charge is 0.206 e. The Morgan fingerprint density at radius 2 is 1.15 bits per heavy atom. The zero-order valence-corrected chi connectivity index (χ0v) is 12.4. The molecule has 0 fully saturated rings. The second-order valence-corrected chi connectivity index (χ2v) is 5.40. The molecular formula is C10H22N10+2. The molecule has 0 aliphatic carbocycles.